The summed E-state index contributed by atoms with van der Waals surface area (Å²) in [5.74, 6) is 0.138. The maximum Gasteiger partial charge on any atom is 0.230 e. The second kappa shape index (κ2) is 5.23. The summed E-state index contributed by atoms with van der Waals surface area (Å²) >= 11 is 0. The fraction of sp³-hybridized carbons (Fsp3) is 0.533. The predicted molar refractivity (Wildman–Crippen MR) is 77.2 cm³/mol. The molecule has 0 aliphatic carbocycles. The van der Waals surface area contributed by atoms with Crippen LogP contribution in [0, 0.1) is 12.8 Å². The highest BCUT2D eigenvalue weighted by Crippen LogP contribution is 2.26. The van der Waals surface area contributed by atoms with Crippen LogP contribution in [0.15, 0.2) is 18.3 Å². The fourth-order valence-corrected chi connectivity index (χ4v) is 2.36. The number of likely N-dealkylation sites (tertiary alicyclic amines) is 1. The van der Waals surface area contributed by atoms with Crippen molar-refractivity contribution in [1.82, 2.24) is 9.88 Å². The van der Waals surface area contributed by atoms with Gasteiger partial charge in [-0.05, 0) is 45.4 Å². The Morgan fingerprint density at radius 2 is 2.15 bits per heavy atom. The molecule has 0 spiro atoms. The second-order valence-electron chi connectivity index (χ2n) is 6.28. The number of aryl methyl sites for hydroxylation is 1. The zero-order valence-corrected chi connectivity index (χ0v) is 12.4. The average Bonchev–Trinajstić information content (AvgIpc) is 2.71. The smallest absolute Gasteiger partial charge is 0.230 e. The van der Waals surface area contributed by atoms with Crippen molar-refractivity contribution in [3.8, 4) is 0 Å². The van der Waals surface area contributed by atoms with E-state index in [0.717, 1.165) is 5.56 Å². The van der Waals surface area contributed by atoms with Crippen LogP contribution in [0.5, 0.6) is 0 Å². The highest BCUT2D eigenvalue weighted by molar-refractivity contribution is 5.96. The summed E-state index contributed by atoms with van der Waals surface area (Å²) in [5, 5.41) is 2.79. The van der Waals surface area contributed by atoms with Gasteiger partial charge in [0.15, 0.2) is 0 Å². The molecule has 108 valence electrons. The van der Waals surface area contributed by atoms with Gasteiger partial charge in [-0.15, -0.1) is 0 Å². The van der Waals surface area contributed by atoms with Crippen LogP contribution in [-0.2, 0) is 9.59 Å². The van der Waals surface area contributed by atoms with E-state index in [9.17, 15) is 9.59 Å². The molecule has 1 unspecified atom stereocenters. The molecule has 2 rings (SSSR count). The molecular weight excluding hydrogens is 254 g/mol. The number of anilines is 1. The van der Waals surface area contributed by atoms with Crippen LogP contribution in [0.3, 0.4) is 0 Å². The highest BCUT2D eigenvalue weighted by atomic mass is 16.2. The summed E-state index contributed by atoms with van der Waals surface area (Å²) in [6, 6.07) is 3.69. The number of amides is 2. The third-order valence-corrected chi connectivity index (χ3v) is 3.47. The molecule has 1 aromatic heterocycles. The van der Waals surface area contributed by atoms with E-state index in [0.29, 0.717) is 12.4 Å². The van der Waals surface area contributed by atoms with E-state index in [-0.39, 0.29) is 29.7 Å². The first-order valence-corrected chi connectivity index (χ1v) is 6.81. The lowest BCUT2D eigenvalue weighted by Crippen LogP contribution is -2.42. The van der Waals surface area contributed by atoms with Gasteiger partial charge in [0, 0.05) is 24.7 Å². The molecule has 5 nitrogen and oxygen atoms in total. The van der Waals surface area contributed by atoms with E-state index in [1.54, 1.807) is 11.1 Å². The topological polar surface area (TPSA) is 62.3 Å². The third-order valence-electron chi connectivity index (χ3n) is 3.47. The zero-order valence-electron chi connectivity index (χ0n) is 12.4. The number of aromatic nitrogens is 1. The molecule has 0 aromatic carbocycles. The summed E-state index contributed by atoms with van der Waals surface area (Å²) in [6.07, 6.45) is 1.93. The van der Waals surface area contributed by atoms with Gasteiger partial charge < -0.3 is 10.2 Å². The molecule has 1 aliphatic heterocycles. The summed E-state index contributed by atoms with van der Waals surface area (Å²) in [5.41, 5.74) is 0.794. The first-order chi connectivity index (χ1) is 9.27. The number of hydrogen-bond acceptors (Lipinski definition) is 3. The Kier molecular flexibility index (Phi) is 3.79. The molecule has 1 saturated heterocycles. The predicted octanol–water partition coefficient (Wildman–Crippen LogP) is 1.98. The molecule has 0 bridgehead atoms. The van der Waals surface area contributed by atoms with Gasteiger partial charge >= 0.3 is 0 Å². The van der Waals surface area contributed by atoms with Crippen molar-refractivity contribution in [2.45, 2.75) is 39.7 Å². The maximum absolute atomic E-state index is 12.2. The van der Waals surface area contributed by atoms with Crippen molar-refractivity contribution >= 4 is 17.6 Å². The van der Waals surface area contributed by atoms with E-state index >= 15 is 0 Å². The van der Waals surface area contributed by atoms with Gasteiger partial charge in [-0.2, -0.15) is 0 Å². The molecule has 1 fully saturated rings. The molecule has 20 heavy (non-hydrogen) atoms. The number of rotatable bonds is 2. The van der Waals surface area contributed by atoms with Crippen LogP contribution in [-0.4, -0.2) is 33.8 Å². The number of hydrogen-bond donors (Lipinski definition) is 1. The Labute approximate surface area is 119 Å². The summed E-state index contributed by atoms with van der Waals surface area (Å²) in [7, 11) is 0. The Morgan fingerprint density at radius 3 is 2.70 bits per heavy atom. The largest absolute Gasteiger partial charge is 0.337 e. The van der Waals surface area contributed by atoms with Gasteiger partial charge in [-0.25, -0.2) is 4.98 Å². The first kappa shape index (κ1) is 14.5. The molecular formula is C15H21N3O2. The van der Waals surface area contributed by atoms with E-state index in [2.05, 4.69) is 10.3 Å². The quantitative estimate of drug-likeness (QED) is 0.897. The Balaban J connectivity index is 2.03. The fourth-order valence-electron chi connectivity index (χ4n) is 2.36. The molecule has 2 heterocycles. The molecule has 5 heteroatoms. The Bertz CT molecular complexity index is 534. The van der Waals surface area contributed by atoms with Crippen molar-refractivity contribution < 1.29 is 9.59 Å². The standard InChI is InChI=1S/C15H21N3O2/c1-10-5-6-16-12(7-10)17-14(20)11-8-13(19)18(9-11)15(2,3)4/h5-7,11H,8-9H2,1-4H3,(H,16,17,20). The molecule has 1 aromatic rings. The van der Waals surface area contributed by atoms with Gasteiger partial charge in [-0.1, -0.05) is 0 Å². The minimum absolute atomic E-state index is 0.0369. The van der Waals surface area contributed by atoms with Crippen LogP contribution < -0.4 is 5.32 Å². The lowest BCUT2D eigenvalue weighted by molar-refractivity contribution is -0.131. The lowest BCUT2D eigenvalue weighted by Gasteiger charge is -2.31. The number of carbonyl (C=O) groups excluding carboxylic acids is 2. The van der Waals surface area contributed by atoms with E-state index in [1.807, 2.05) is 39.8 Å². The Hall–Kier alpha value is -1.91. The van der Waals surface area contributed by atoms with E-state index in [4.69, 9.17) is 0 Å². The van der Waals surface area contributed by atoms with Gasteiger partial charge in [0.2, 0.25) is 11.8 Å². The van der Waals surface area contributed by atoms with Gasteiger partial charge in [0.25, 0.3) is 0 Å². The van der Waals surface area contributed by atoms with Gasteiger partial charge in [0.05, 0.1) is 5.92 Å². The second-order valence-corrected chi connectivity index (χ2v) is 6.28. The molecule has 0 radical (unpaired) electrons. The molecule has 1 aliphatic rings. The van der Waals surface area contributed by atoms with Crippen molar-refractivity contribution in [3.63, 3.8) is 0 Å². The maximum atomic E-state index is 12.2. The zero-order chi connectivity index (χ0) is 14.9. The van der Waals surface area contributed by atoms with Crippen LogP contribution in [0.4, 0.5) is 5.82 Å². The Morgan fingerprint density at radius 1 is 1.45 bits per heavy atom. The minimum atomic E-state index is -0.302. The van der Waals surface area contributed by atoms with Crippen molar-refractivity contribution in [3.05, 3.63) is 23.9 Å². The summed E-state index contributed by atoms with van der Waals surface area (Å²) < 4.78 is 0. The van der Waals surface area contributed by atoms with Crippen molar-refractivity contribution in [2.75, 3.05) is 11.9 Å². The van der Waals surface area contributed by atoms with E-state index in [1.165, 1.54) is 0 Å². The lowest BCUT2D eigenvalue weighted by atomic mass is 10.1. The van der Waals surface area contributed by atoms with Gasteiger partial charge in [0.1, 0.15) is 5.82 Å². The molecule has 1 N–H and O–H groups in total. The van der Waals surface area contributed by atoms with Crippen LogP contribution in [0.25, 0.3) is 0 Å². The SMILES string of the molecule is Cc1ccnc(NC(=O)C2CC(=O)N(C(C)(C)C)C2)c1. The molecule has 0 saturated carbocycles. The average molecular weight is 275 g/mol. The van der Waals surface area contributed by atoms with Crippen LogP contribution in [0.2, 0.25) is 0 Å². The molecule has 1 atom stereocenters. The monoisotopic (exact) mass is 275 g/mol. The van der Waals surface area contributed by atoms with Crippen molar-refractivity contribution in [1.29, 1.82) is 0 Å². The summed E-state index contributed by atoms with van der Waals surface area (Å²) in [4.78, 5) is 30.1. The molecule has 2 amide bonds. The minimum Gasteiger partial charge on any atom is -0.337 e. The van der Waals surface area contributed by atoms with Crippen LogP contribution >= 0.6 is 0 Å². The van der Waals surface area contributed by atoms with Crippen molar-refractivity contribution in [2.24, 2.45) is 5.92 Å². The van der Waals surface area contributed by atoms with E-state index < -0.39 is 0 Å². The van der Waals surface area contributed by atoms with Gasteiger partial charge in [-0.3, -0.25) is 9.59 Å². The number of nitrogens with one attached hydrogen (secondary N) is 1. The number of pyridine rings is 1. The summed E-state index contributed by atoms with van der Waals surface area (Å²) in [6.45, 7) is 8.35. The van der Waals surface area contributed by atoms with Crippen LogP contribution in [0.1, 0.15) is 32.8 Å². The highest BCUT2D eigenvalue weighted by Gasteiger charge is 2.39. The number of carbonyl (C=O) groups is 2. The normalized spacial score (nSPS) is 19.3. The first-order valence-electron chi connectivity index (χ1n) is 6.81. The number of nitrogens with zero attached hydrogens (tertiary/aromatic N) is 2. The third kappa shape index (κ3) is 3.15.